The minimum absolute atomic E-state index is 0.647. The largest absolute Gasteiger partial charge is 0.192 e. The summed E-state index contributed by atoms with van der Waals surface area (Å²) in [5, 5.41) is 8.54. The van der Waals surface area contributed by atoms with E-state index in [1.165, 1.54) is 0 Å². The van der Waals surface area contributed by atoms with Gasteiger partial charge in [0.15, 0.2) is 0 Å². The summed E-state index contributed by atoms with van der Waals surface area (Å²) in [5.41, 5.74) is 1.48. The molecule has 0 saturated carbocycles. The molecule has 0 bridgehead atoms. The first-order valence-electron chi connectivity index (χ1n) is 2.91. The molecule has 0 spiro atoms. The molecule has 1 heteroatoms. The van der Waals surface area contributed by atoms with E-state index < -0.39 is 0 Å². The lowest BCUT2D eigenvalue weighted by Gasteiger charge is -1.92. The minimum Gasteiger partial charge on any atom is -0.192 e. The monoisotopic (exact) mass is 128 g/mol. The topological polar surface area (TPSA) is 23.8 Å². The summed E-state index contributed by atoms with van der Waals surface area (Å²) < 4.78 is 0. The van der Waals surface area contributed by atoms with Gasteiger partial charge in [-0.2, -0.15) is 5.26 Å². The molecule has 0 aromatic heterocycles. The van der Waals surface area contributed by atoms with E-state index in [0.29, 0.717) is 5.56 Å². The number of hydrogen-bond acceptors (Lipinski definition) is 1. The van der Waals surface area contributed by atoms with Crippen molar-refractivity contribution in [2.24, 2.45) is 0 Å². The average Bonchev–Trinajstić information content (AvgIpc) is 2.04. The van der Waals surface area contributed by atoms with E-state index in [1.54, 1.807) is 24.3 Å². The third kappa shape index (κ3) is 1.06. The molecule has 0 atom stereocenters. The van der Waals surface area contributed by atoms with Gasteiger partial charge in [-0.1, -0.05) is 18.7 Å². The van der Waals surface area contributed by atoms with E-state index in [9.17, 15) is 0 Å². The predicted molar refractivity (Wildman–Crippen MR) is 40.1 cm³/mol. The maximum Gasteiger partial charge on any atom is 0.0997 e. The molecule has 0 N–H and O–H groups in total. The summed E-state index contributed by atoms with van der Waals surface area (Å²) >= 11 is 0. The number of benzene rings is 1. The third-order valence-corrected chi connectivity index (χ3v) is 1.24. The predicted octanol–water partition coefficient (Wildman–Crippen LogP) is 2.00. The fourth-order valence-electron chi connectivity index (χ4n) is 0.714. The average molecular weight is 128 g/mol. The molecule has 0 fully saturated rings. The van der Waals surface area contributed by atoms with E-state index in [1.807, 2.05) is 0 Å². The van der Waals surface area contributed by atoms with Crippen LogP contribution in [0.1, 0.15) is 11.1 Å². The van der Waals surface area contributed by atoms with Gasteiger partial charge in [-0.25, -0.2) is 0 Å². The van der Waals surface area contributed by atoms with Crippen molar-refractivity contribution in [3.63, 3.8) is 0 Å². The van der Waals surface area contributed by atoms with Crippen LogP contribution >= 0.6 is 0 Å². The fraction of sp³-hybridized carbons (Fsp3) is 0. The second-order valence-corrected chi connectivity index (χ2v) is 1.83. The van der Waals surface area contributed by atoms with Gasteiger partial charge in [0.25, 0.3) is 0 Å². The lowest BCUT2D eigenvalue weighted by atomic mass is 10.1. The minimum atomic E-state index is 0.647. The SMILES string of the molecule is C=Cc1c[c]ccc1C#N. The first kappa shape index (κ1) is 6.57. The second kappa shape index (κ2) is 2.84. The Morgan fingerprint density at radius 1 is 1.70 bits per heavy atom. The molecule has 1 rings (SSSR count). The van der Waals surface area contributed by atoms with Gasteiger partial charge in [0, 0.05) is 0 Å². The zero-order valence-corrected chi connectivity index (χ0v) is 5.46. The standard InChI is InChI=1S/C9H6N/c1-2-8-5-3-4-6-9(8)7-10/h2,4-6H,1H2. The maximum absolute atomic E-state index is 8.54. The smallest absolute Gasteiger partial charge is 0.0997 e. The van der Waals surface area contributed by atoms with Crippen LogP contribution in [0.3, 0.4) is 0 Å². The summed E-state index contributed by atoms with van der Waals surface area (Å²) in [7, 11) is 0. The van der Waals surface area contributed by atoms with E-state index in [4.69, 9.17) is 5.26 Å². The highest BCUT2D eigenvalue weighted by atomic mass is 14.2. The molecule has 0 unspecified atom stereocenters. The van der Waals surface area contributed by atoms with Gasteiger partial charge in [0.1, 0.15) is 0 Å². The van der Waals surface area contributed by atoms with Crippen LogP contribution in [0, 0.1) is 17.4 Å². The molecule has 0 aliphatic heterocycles. The molecule has 0 amide bonds. The highest BCUT2D eigenvalue weighted by Crippen LogP contribution is 2.06. The van der Waals surface area contributed by atoms with Crippen LogP contribution in [0.5, 0.6) is 0 Å². The molecular formula is C9H6N. The Morgan fingerprint density at radius 2 is 2.50 bits per heavy atom. The van der Waals surface area contributed by atoms with Gasteiger partial charge < -0.3 is 0 Å². The second-order valence-electron chi connectivity index (χ2n) is 1.83. The van der Waals surface area contributed by atoms with Crippen LogP contribution in [-0.4, -0.2) is 0 Å². The highest BCUT2D eigenvalue weighted by molar-refractivity contribution is 5.55. The van der Waals surface area contributed by atoms with Crippen LogP contribution in [0.15, 0.2) is 24.8 Å². The lowest BCUT2D eigenvalue weighted by Crippen LogP contribution is -1.78. The molecule has 47 valence electrons. The van der Waals surface area contributed by atoms with Crippen molar-refractivity contribution >= 4 is 6.08 Å². The Hall–Kier alpha value is -1.55. The molecule has 1 aromatic carbocycles. The summed E-state index contributed by atoms with van der Waals surface area (Å²) in [5.74, 6) is 0. The van der Waals surface area contributed by atoms with Crippen molar-refractivity contribution in [1.29, 1.82) is 5.26 Å². The number of rotatable bonds is 1. The molecule has 0 heterocycles. The van der Waals surface area contributed by atoms with Gasteiger partial charge in [0.05, 0.1) is 11.6 Å². The van der Waals surface area contributed by atoms with Gasteiger partial charge in [-0.3, -0.25) is 0 Å². The van der Waals surface area contributed by atoms with Crippen molar-refractivity contribution in [3.05, 3.63) is 42.0 Å². The molecule has 10 heavy (non-hydrogen) atoms. The van der Waals surface area contributed by atoms with Crippen molar-refractivity contribution < 1.29 is 0 Å². The molecular weight excluding hydrogens is 122 g/mol. The maximum atomic E-state index is 8.54. The first-order valence-corrected chi connectivity index (χ1v) is 2.91. The number of nitriles is 1. The van der Waals surface area contributed by atoms with Gasteiger partial charge >= 0.3 is 0 Å². The van der Waals surface area contributed by atoms with Crippen LogP contribution in [0.2, 0.25) is 0 Å². The summed E-state index contributed by atoms with van der Waals surface area (Å²) in [6.45, 7) is 3.57. The van der Waals surface area contributed by atoms with Crippen molar-refractivity contribution in [1.82, 2.24) is 0 Å². The van der Waals surface area contributed by atoms with Crippen LogP contribution < -0.4 is 0 Å². The summed E-state index contributed by atoms with van der Waals surface area (Å²) in [6, 6.07) is 10.1. The Kier molecular flexibility index (Phi) is 1.86. The molecule has 0 aliphatic rings. The van der Waals surface area contributed by atoms with Crippen LogP contribution in [0.4, 0.5) is 0 Å². The zero-order valence-electron chi connectivity index (χ0n) is 5.46. The molecule has 1 radical (unpaired) electrons. The number of nitrogens with zero attached hydrogens (tertiary/aromatic N) is 1. The molecule has 0 aliphatic carbocycles. The quantitative estimate of drug-likeness (QED) is 0.567. The Bertz CT molecular complexity index is 281. The Morgan fingerprint density at radius 3 is 3.00 bits per heavy atom. The van der Waals surface area contributed by atoms with Crippen LogP contribution in [0.25, 0.3) is 6.08 Å². The molecule has 1 nitrogen and oxygen atoms in total. The van der Waals surface area contributed by atoms with Crippen molar-refractivity contribution in [3.8, 4) is 6.07 Å². The third-order valence-electron chi connectivity index (χ3n) is 1.24. The normalized spacial score (nSPS) is 8.30. The Balaban J connectivity index is 3.24. The van der Waals surface area contributed by atoms with E-state index in [-0.39, 0.29) is 0 Å². The summed E-state index contributed by atoms with van der Waals surface area (Å²) in [4.78, 5) is 0. The van der Waals surface area contributed by atoms with Crippen molar-refractivity contribution in [2.75, 3.05) is 0 Å². The van der Waals surface area contributed by atoms with Crippen molar-refractivity contribution in [2.45, 2.75) is 0 Å². The Labute approximate surface area is 60.2 Å². The van der Waals surface area contributed by atoms with E-state index in [0.717, 1.165) is 5.56 Å². The van der Waals surface area contributed by atoms with Crippen LogP contribution in [-0.2, 0) is 0 Å². The lowest BCUT2D eigenvalue weighted by molar-refractivity contribution is 1.47. The van der Waals surface area contributed by atoms with Gasteiger partial charge in [-0.05, 0) is 23.8 Å². The fourth-order valence-corrected chi connectivity index (χ4v) is 0.714. The highest BCUT2D eigenvalue weighted by Gasteiger charge is 1.92. The molecule has 0 saturated heterocycles. The van der Waals surface area contributed by atoms with E-state index >= 15 is 0 Å². The zero-order chi connectivity index (χ0) is 7.40. The van der Waals surface area contributed by atoms with E-state index in [2.05, 4.69) is 18.7 Å². The number of hydrogen-bond donors (Lipinski definition) is 0. The molecule has 1 aromatic rings. The van der Waals surface area contributed by atoms with Gasteiger partial charge in [-0.15, -0.1) is 0 Å². The van der Waals surface area contributed by atoms with Gasteiger partial charge in [0.2, 0.25) is 0 Å². The summed E-state index contributed by atoms with van der Waals surface area (Å²) in [6.07, 6.45) is 1.65. The first-order chi connectivity index (χ1) is 4.88.